The summed E-state index contributed by atoms with van der Waals surface area (Å²) < 4.78 is 5.13. The lowest BCUT2D eigenvalue weighted by atomic mass is 10.2. The molecule has 1 saturated heterocycles. The van der Waals surface area contributed by atoms with E-state index in [4.69, 9.17) is 4.74 Å². The first-order chi connectivity index (χ1) is 5.18. The minimum absolute atomic E-state index is 0.131. The monoisotopic (exact) mass is 175 g/mol. The Labute approximate surface area is 70.7 Å². The molecule has 0 bridgehead atoms. The molecule has 2 atom stereocenters. The molecule has 0 aliphatic carbocycles. The molecular weight excluding hydrogens is 160 g/mol. The molecule has 1 aliphatic rings. The fourth-order valence-corrected chi connectivity index (χ4v) is 3.06. The smallest absolute Gasteiger partial charge is 0.303 e. The van der Waals surface area contributed by atoms with Gasteiger partial charge in [-0.3, -0.25) is 4.79 Å². The van der Waals surface area contributed by atoms with Gasteiger partial charge in [-0.1, -0.05) is 0 Å². The molecule has 2 unspecified atom stereocenters. The summed E-state index contributed by atoms with van der Waals surface area (Å²) in [5.74, 6) is 2.27. The Morgan fingerprint density at radius 3 is 2.91 bits per heavy atom. The van der Waals surface area contributed by atoms with E-state index in [-0.39, 0.29) is 12.1 Å². The molecule has 3 heteroatoms. The van der Waals surface area contributed by atoms with Crippen LogP contribution in [0, 0.1) is 0 Å². The summed E-state index contributed by atoms with van der Waals surface area (Å²) >= 11 is 0. The summed E-state index contributed by atoms with van der Waals surface area (Å²) in [5.41, 5.74) is 0. The second-order valence-corrected chi connectivity index (χ2v) is 5.33. The molecule has 0 saturated carbocycles. The third-order valence-corrected chi connectivity index (χ3v) is 3.75. The summed E-state index contributed by atoms with van der Waals surface area (Å²) in [4.78, 5) is 10.6. The molecule has 0 amide bonds. The van der Waals surface area contributed by atoms with Crippen LogP contribution in [0.2, 0.25) is 0 Å². The van der Waals surface area contributed by atoms with Crippen LogP contribution in [0.15, 0.2) is 0 Å². The minimum Gasteiger partial charge on any atom is -0.458 e. The standard InChI is InChI=1S/C8H15O2S/c1-7(9)10-8-4-3-5-11(2)6-8/h8H,3-6H2,1-2H3/q+1. The van der Waals surface area contributed by atoms with Gasteiger partial charge in [0.2, 0.25) is 0 Å². The first-order valence-electron chi connectivity index (χ1n) is 3.95. The van der Waals surface area contributed by atoms with Gasteiger partial charge in [-0.05, 0) is 23.7 Å². The Kier molecular flexibility index (Phi) is 3.24. The van der Waals surface area contributed by atoms with Crippen LogP contribution in [0.1, 0.15) is 19.8 Å². The first-order valence-corrected chi connectivity index (χ1v) is 5.92. The molecule has 0 N–H and O–H groups in total. The van der Waals surface area contributed by atoms with E-state index in [0.29, 0.717) is 10.9 Å². The Hall–Kier alpha value is -0.180. The zero-order valence-corrected chi connectivity index (χ0v) is 7.95. The molecule has 1 heterocycles. The van der Waals surface area contributed by atoms with Crippen LogP contribution < -0.4 is 0 Å². The summed E-state index contributed by atoms with van der Waals surface area (Å²) in [6.07, 6.45) is 4.75. The minimum atomic E-state index is -0.131. The Morgan fingerprint density at radius 2 is 2.36 bits per heavy atom. The molecular formula is C8H15O2S+. The van der Waals surface area contributed by atoms with Gasteiger partial charge in [-0.2, -0.15) is 0 Å². The topological polar surface area (TPSA) is 26.3 Å². The predicted molar refractivity (Wildman–Crippen MR) is 47.8 cm³/mol. The third kappa shape index (κ3) is 3.14. The van der Waals surface area contributed by atoms with Crippen molar-refractivity contribution in [2.45, 2.75) is 25.9 Å². The molecule has 0 aromatic heterocycles. The van der Waals surface area contributed by atoms with Gasteiger partial charge in [-0.15, -0.1) is 0 Å². The molecule has 0 radical (unpaired) electrons. The van der Waals surface area contributed by atoms with Crippen molar-refractivity contribution in [3.05, 3.63) is 0 Å². The SMILES string of the molecule is CC(=O)OC1CCC[S+](C)C1. The number of esters is 1. The molecule has 0 spiro atoms. The van der Waals surface area contributed by atoms with Gasteiger partial charge < -0.3 is 4.74 Å². The van der Waals surface area contributed by atoms with Crippen molar-refractivity contribution in [1.29, 1.82) is 0 Å². The van der Waals surface area contributed by atoms with Crippen LogP contribution in [0.5, 0.6) is 0 Å². The highest BCUT2D eigenvalue weighted by Crippen LogP contribution is 2.15. The van der Waals surface area contributed by atoms with E-state index in [9.17, 15) is 4.79 Å². The fourth-order valence-electron chi connectivity index (χ4n) is 1.37. The Balaban J connectivity index is 2.28. The van der Waals surface area contributed by atoms with Gasteiger partial charge in [0.05, 0.1) is 6.26 Å². The van der Waals surface area contributed by atoms with Gasteiger partial charge in [0, 0.05) is 6.92 Å². The van der Waals surface area contributed by atoms with Gasteiger partial charge in [-0.25, -0.2) is 0 Å². The number of carbonyl (C=O) groups is 1. The van der Waals surface area contributed by atoms with Crippen molar-refractivity contribution < 1.29 is 9.53 Å². The van der Waals surface area contributed by atoms with E-state index >= 15 is 0 Å². The number of carbonyl (C=O) groups excluding carboxylic acids is 1. The average Bonchev–Trinajstić information content (AvgIpc) is 1.85. The van der Waals surface area contributed by atoms with E-state index in [1.165, 1.54) is 19.1 Å². The molecule has 1 rings (SSSR count). The Bertz CT molecular complexity index is 147. The van der Waals surface area contributed by atoms with Crippen LogP contribution in [0.4, 0.5) is 0 Å². The number of ether oxygens (including phenoxy) is 1. The summed E-state index contributed by atoms with van der Waals surface area (Å²) in [5, 5.41) is 0. The lowest BCUT2D eigenvalue weighted by molar-refractivity contribution is -0.145. The van der Waals surface area contributed by atoms with Gasteiger partial charge in [0.15, 0.2) is 0 Å². The van der Waals surface area contributed by atoms with E-state index < -0.39 is 0 Å². The summed E-state index contributed by atoms with van der Waals surface area (Å²) in [6, 6.07) is 0. The van der Waals surface area contributed by atoms with Gasteiger partial charge in [0.1, 0.15) is 17.6 Å². The maximum Gasteiger partial charge on any atom is 0.303 e. The number of hydrogen-bond acceptors (Lipinski definition) is 2. The highest BCUT2D eigenvalue weighted by atomic mass is 32.2. The highest BCUT2D eigenvalue weighted by molar-refractivity contribution is 7.96. The average molecular weight is 175 g/mol. The van der Waals surface area contributed by atoms with E-state index in [1.54, 1.807) is 0 Å². The second kappa shape index (κ2) is 4.00. The highest BCUT2D eigenvalue weighted by Gasteiger charge is 2.27. The molecule has 1 fully saturated rings. The predicted octanol–water partition coefficient (Wildman–Crippen LogP) is 0.960. The second-order valence-electron chi connectivity index (χ2n) is 3.03. The normalized spacial score (nSPS) is 31.5. The van der Waals surface area contributed by atoms with Crippen molar-refractivity contribution in [3.63, 3.8) is 0 Å². The van der Waals surface area contributed by atoms with E-state index in [0.717, 1.165) is 12.2 Å². The molecule has 1 aliphatic heterocycles. The summed E-state index contributed by atoms with van der Waals surface area (Å²) in [7, 11) is 0.486. The number of rotatable bonds is 1. The van der Waals surface area contributed by atoms with Crippen LogP contribution in [0.25, 0.3) is 0 Å². The first kappa shape index (κ1) is 8.91. The third-order valence-electron chi connectivity index (χ3n) is 1.82. The van der Waals surface area contributed by atoms with Crippen molar-refractivity contribution in [2.75, 3.05) is 17.8 Å². The lowest BCUT2D eigenvalue weighted by Gasteiger charge is -2.20. The van der Waals surface area contributed by atoms with E-state index in [1.807, 2.05) is 0 Å². The van der Waals surface area contributed by atoms with Gasteiger partial charge >= 0.3 is 5.97 Å². The van der Waals surface area contributed by atoms with Crippen molar-refractivity contribution in [2.24, 2.45) is 0 Å². The molecule has 0 aromatic carbocycles. The van der Waals surface area contributed by atoms with Crippen LogP contribution in [-0.4, -0.2) is 29.8 Å². The number of hydrogen-bond donors (Lipinski definition) is 0. The molecule has 64 valence electrons. The molecule has 11 heavy (non-hydrogen) atoms. The van der Waals surface area contributed by atoms with Crippen molar-refractivity contribution in [1.82, 2.24) is 0 Å². The zero-order chi connectivity index (χ0) is 8.27. The fraction of sp³-hybridized carbons (Fsp3) is 0.875. The zero-order valence-electron chi connectivity index (χ0n) is 7.13. The quantitative estimate of drug-likeness (QED) is 0.438. The van der Waals surface area contributed by atoms with Crippen molar-refractivity contribution >= 4 is 16.9 Å². The maximum absolute atomic E-state index is 10.6. The van der Waals surface area contributed by atoms with Crippen molar-refractivity contribution in [3.8, 4) is 0 Å². The van der Waals surface area contributed by atoms with Crippen LogP contribution in [-0.2, 0) is 20.4 Å². The maximum atomic E-state index is 10.6. The van der Waals surface area contributed by atoms with Crippen LogP contribution in [0.3, 0.4) is 0 Å². The Morgan fingerprint density at radius 1 is 1.64 bits per heavy atom. The largest absolute Gasteiger partial charge is 0.458 e. The van der Waals surface area contributed by atoms with Crippen LogP contribution >= 0.6 is 0 Å². The molecule has 2 nitrogen and oxygen atoms in total. The van der Waals surface area contributed by atoms with E-state index in [2.05, 4.69) is 6.26 Å². The molecule has 0 aromatic rings. The van der Waals surface area contributed by atoms with Gasteiger partial charge in [0.25, 0.3) is 0 Å². The lowest BCUT2D eigenvalue weighted by Crippen LogP contribution is -2.31. The summed E-state index contributed by atoms with van der Waals surface area (Å²) in [6.45, 7) is 1.49.